The number of rotatable bonds is 6. The van der Waals surface area contributed by atoms with E-state index in [0.717, 1.165) is 7.11 Å². The van der Waals surface area contributed by atoms with Crippen molar-refractivity contribution in [2.45, 2.75) is 38.8 Å². The highest BCUT2D eigenvalue weighted by Gasteiger charge is 2.36. The van der Waals surface area contributed by atoms with Crippen molar-refractivity contribution in [1.29, 1.82) is 0 Å². The molecule has 0 rings (SSSR count). The predicted octanol–water partition coefficient (Wildman–Crippen LogP) is 1.33. The zero-order valence-electron chi connectivity index (χ0n) is 12.1. The number of hydrogen-bond donors (Lipinski definition) is 2. The summed E-state index contributed by atoms with van der Waals surface area (Å²) in [6.07, 6.45) is 0.472. The number of hydrogen-bond acceptors (Lipinski definition) is 5. The van der Waals surface area contributed by atoms with Crippen LogP contribution in [0.1, 0.15) is 27.2 Å². The van der Waals surface area contributed by atoms with Crippen LogP contribution in [-0.4, -0.2) is 41.9 Å². The van der Waals surface area contributed by atoms with Crippen molar-refractivity contribution in [2.75, 3.05) is 7.11 Å². The number of carboxylic acid groups (broad SMARTS) is 1. The molecule has 1 unspecified atom stereocenters. The van der Waals surface area contributed by atoms with Crippen LogP contribution < -0.4 is 5.32 Å². The minimum Gasteiger partial charge on any atom is -0.481 e. The van der Waals surface area contributed by atoms with E-state index in [1.165, 1.54) is 6.08 Å². The number of amides is 1. The van der Waals surface area contributed by atoms with Gasteiger partial charge < -0.3 is 19.9 Å². The summed E-state index contributed by atoms with van der Waals surface area (Å²) in [7, 11) is 1.11. The van der Waals surface area contributed by atoms with Crippen molar-refractivity contribution in [2.24, 2.45) is 5.92 Å². The Balaban J connectivity index is 5.06. The lowest BCUT2D eigenvalue weighted by Crippen LogP contribution is -2.50. The number of methoxy groups -OCH3 is 1. The summed E-state index contributed by atoms with van der Waals surface area (Å²) >= 11 is 0. The van der Waals surface area contributed by atoms with Gasteiger partial charge >= 0.3 is 18.0 Å². The fourth-order valence-electron chi connectivity index (χ4n) is 1.44. The van der Waals surface area contributed by atoms with E-state index >= 15 is 0 Å². The van der Waals surface area contributed by atoms with E-state index in [1.54, 1.807) is 20.8 Å². The molecular weight excluding hydrogens is 266 g/mol. The van der Waals surface area contributed by atoms with Crippen molar-refractivity contribution in [3.63, 3.8) is 0 Å². The summed E-state index contributed by atoms with van der Waals surface area (Å²) in [5.74, 6) is -3.27. The van der Waals surface area contributed by atoms with Gasteiger partial charge in [0.2, 0.25) is 0 Å². The van der Waals surface area contributed by atoms with Gasteiger partial charge in [-0.1, -0.05) is 6.08 Å². The Hall–Kier alpha value is -2.05. The van der Waals surface area contributed by atoms with E-state index in [0.29, 0.717) is 0 Å². The lowest BCUT2D eigenvalue weighted by molar-refractivity contribution is -0.152. The van der Waals surface area contributed by atoms with E-state index in [2.05, 4.69) is 16.6 Å². The van der Waals surface area contributed by atoms with Gasteiger partial charge in [0.15, 0.2) is 0 Å². The van der Waals surface area contributed by atoms with Gasteiger partial charge in [0.05, 0.1) is 13.0 Å². The Morgan fingerprint density at radius 2 is 1.90 bits per heavy atom. The van der Waals surface area contributed by atoms with Crippen LogP contribution in [0.25, 0.3) is 0 Å². The lowest BCUT2D eigenvalue weighted by Gasteiger charge is -2.25. The molecule has 0 fully saturated rings. The zero-order valence-corrected chi connectivity index (χ0v) is 12.1. The van der Waals surface area contributed by atoms with Crippen LogP contribution in [-0.2, 0) is 19.1 Å². The van der Waals surface area contributed by atoms with Gasteiger partial charge in [-0.3, -0.25) is 4.79 Å². The summed E-state index contributed by atoms with van der Waals surface area (Å²) in [5, 5.41) is 11.3. The molecule has 0 saturated heterocycles. The zero-order chi connectivity index (χ0) is 15.9. The smallest absolute Gasteiger partial charge is 0.408 e. The maximum absolute atomic E-state index is 11.7. The minimum absolute atomic E-state index is 0.00486. The molecule has 0 aromatic carbocycles. The normalized spacial score (nSPS) is 13.8. The number of carbonyl (C=O) groups is 3. The second-order valence-corrected chi connectivity index (χ2v) is 5.12. The molecule has 0 aromatic heterocycles. The summed E-state index contributed by atoms with van der Waals surface area (Å²) in [4.78, 5) is 34.5. The third-order valence-electron chi connectivity index (χ3n) is 2.27. The van der Waals surface area contributed by atoms with Gasteiger partial charge in [-0.15, -0.1) is 6.58 Å². The molecule has 2 atom stereocenters. The topological polar surface area (TPSA) is 102 Å². The second kappa shape index (κ2) is 7.52. The molecule has 0 aromatic rings. The average Bonchev–Trinajstić information content (AvgIpc) is 2.30. The number of ether oxygens (including phenoxy) is 2. The van der Waals surface area contributed by atoms with Crippen molar-refractivity contribution in [3.05, 3.63) is 12.7 Å². The van der Waals surface area contributed by atoms with Gasteiger partial charge in [-0.05, 0) is 27.2 Å². The molecule has 0 bridgehead atoms. The highest BCUT2D eigenvalue weighted by atomic mass is 16.6. The number of carbonyl (C=O) groups excluding carboxylic acids is 2. The first-order valence-corrected chi connectivity index (χ1v) is 6.03. The Labute approximate surface area is 117 Å². The van der Waals surface area contributed by atoms with E-state index in [1.807, 2.05) is 0 Å². The van der Waals surface area contributed by atoms with Gasteiger partial charge in [-0.2, -0.15) is 0 Å². The first-order valence-electron chi connectivity index (χ1n) is 6.03. The monoisotopic (exact) mass is 287 g/mol. The van der Waals surface area contributed by atoms with Crippen molar-refractivity contribution >= 4 is 18.0 Å². The first kappa shape index (κ1) is 17.9. The number of esters is 1. The fraction of sp³-hybridized carbons (Fsp3) is 0.615. The molecule has 0 spiro atoms. The molecule has 0 heterocycles. The second-order valence-electron chi connectivity index (χ2n) is 5.12. The molecule has 0 aliphatic carbocycles. The van der Waals surface area contributed by atoms with Crippen LogP contribution in [0, 0.1) is 5.92 Å². The summed E-state index contributed by atoms with van der Waals surface area (Å²) in [6.45, 7) is 8.38. The predicted molar refractivity (Wildman–Crippen MR) is 71.1 cm³/mol. The van der Waals surface area contributed by atoms with Gasteiger partial charge in [0, 0.05) is 0 Å². The lowest BCUT2D eigenvalue weighted by atomic mass is 9.96. The van der Waals surface area contributed by atoms with Gasteiger partial charge in [-0.25, -0.2) is 9.59 Å². The van der Waals surface area contributed by atoms with E-state index in [4.69, 9.17) is 9.84 Å². The van der Waals surface area contributed by atoms with E-state index < -0.39 is 35.6 Å². The maximum Gasteiger partial charge on any atom is 0.408 e. The van der Waals surface area contributed by atoms with Gasteiger partial charge in [0.1, 0.15) is 11.6 Å². The molecule has 0 aliphatic heterocycles. The van der Waals surface area contributed by atoms with Gasteiger partial charge in [0.25, 0.3) is 0 Å². The molecule has 2 N–H and O–H groups in total. The van der Waals surface area contributed by atoms with E-state index in [-0.39, 0.29) is 6.42 Å². The van der Waals surface area contributed by atoms with Crippen LogP contribution in [0.2, 0.25) is 0 Å². The first-order chi connectivity index (χ1) is 9.12. The molecule has 0 aliphatic rings. The van der Waals surface area contributed by atoms with Crippen LogP contribution in [0.4, 0.5) is 4.79 Å². The molecule has 0 radical (unpaired) electrons. The summed E-state index contributed by atoms with van der Waals surface area (Å²) < 4.78 is 9.51. The number of carboxylic acids is 1. The third kappa shape index (κ3) is 6.21. The standard InChI is InChI=1S/C13H21NO6/c1-6-7-8(10(15)16)9(11(17)19-5)14-12(18)20-13(2,3)4/h6,8-9H,1,7H2,2-5H3,(H,14,18)(H,15,16)/t8?,9-/m0/s1. The van der Waals surface area contributed by atoms with Crippen molar-refractivity contribution in [3.8, 4) is 0 Å². The maximum atomic E-state index is 11.7. The minimum atomic E-state index is -1.34. The summed E-state index contributed by atoms with van der Waals surface area (Å²) in [6, 6.07) is -1.34. The molecule has 7 nitrogen and oxygen atoms in total. The Morgan fingerprint density at radius 3 is 2.25 bits per heavy atom. The SMILES string of the molecule is C=CCC(C(=O)O)[C@H](NC(=O)OC(C)(C)C)C(=O)OC. The fourth-order valence-corrected chi connectivity index (χ4v) is 1.44. The highest BCUT2D eigenvalue weighted by Crippen LogP contribution is 2.14. The molecular formula is C13H21NO6. The molecule has 1 amide bonds. The Kier molecular flexibility index (Phi) is 6.75. The Bertz CT molecular complexity index is 385. The quantitative estimate of drug-likeness (QED) is 0.564. The van der Waals surface area contributed by atoms with Crippen LogP contribution in [0.15, 0.2) is 12.7 Å². The average molecular weight is 287 g/mol. The van der Waals surface area contributed by atoms with Crippen molar-refractivity contribution in [1.82, 2.24) is 5.32 Å². The highest BCUT2D eigenvalue weighted by molar-refractivity contribution is 5.87. The number of allylic oxidation sites excluding steroid dienone is 1. The number of alkyl carbamates (subject to hydrolysis) is 1. The molecule has 0 saturated carbocycles. The molecule has 7 heteroatoms. The summed E-state index contributed by atoms with van der Waals surface area (Å²) in [5.41, 5.74) is -0.762. The van der Waals surface area contributed by atoms with Crippen LogP contribution in [0.5, 0.6) is 0 Å². The number of aliphatic carboxylic acids is 1. The van der Waals surface area contributed by atoms with Crippen LogP contribution in [0.3, 0.4) is 0 Å². The Morgan fingerprint density at radius 1 is 1.35 bits per heavy atom. The molecule has 20 heavy (non-hydrogen) atoms. The third-order valence-corrected chi connectivity index (χ3v) is 2.27. The van der Waals surface area contributed by atoms with Crippen LogP contribution >= 0.6 is 0 Å². The number of nitrogens with one attached hydrogen (secondary N) is 1. The largest absolute Gasteiger partial charge is 0.481 e. The van der Waals surface area contributed by atoms with E-state index in [9.17, 15) is 14.4 Å². The van der Waals surface area contributed by atoms with Crippen molar-refractivity contribution < 1.29 is 29.0 Å². The molecule has 114 valence electrons.